The number of halogens is 1. The third-order valence-corrected chi connectivity index (χ3v) is 5.79. The molecule has 2 heterocycles. The van der Waals surface area contributed by atoms with Crippen LogP contribution in [0.15, 0.2) is 30.3 Å². The lowest BCUT2D eigenvalue weighted by Crippen LogP contribution is -2.32. The zero-order chi connectivity index (χ0) is 20.3. The Labute approximate surface area is 170 Å². The maximum atomic E-state index is 14.3. The molecule has 6 heteroatoms. The Morgan fingerprint density at radius 3 is 2.71 bits per heavy atom. The molecular weight excluding hydrogens is 373 g/mol. The van der Waals surface area contributed by atoms with Gasteiger partial charge in [0.2, 0.25) is 0 Å². The predicted octanol–water partition coefficient (Wildman–Crippen LogP) is 5.64. The van der Waals surface area contributed by atoms with Gasteiger partial charge in [0, 0.05) is 18.0 Å². The molecule has 0 radical (unpaired) electrons. The Kier molecular flexibility index (Phi) is 6.50. The maximum absolute atomic E-state index is 14.3. The summed E-state index contributed by atoms with van der Waals surface area (Å²) < 4.78 is 16.3. The fourth-order valence-electron chi connectivity index (χ4n) is 3.30. The zero-order valence-electron chi connectivity index (χ0n) is 17.0. The normalized spacial score (nSPS) is 11.5. The molecule has 0 saturated heterocycles. The summed E-state index contributed by atoms with van der Waals surface area (Å²) in [6.45, 7) is 10.2. The van der Waals surface area contributed by atoms with E-state index in [1.165, 1.54) is 17.4 Å². The summed E-state index contributed by atoms with van der Waals surface area (Å²) in [5, 5.41) is 0. The monoisotopic (exact) mass is 401 g/mol. The highest BCUT2D eigenvalue weighted by Crippen LogP contribution is 2.23. The van der Waals surface area contributed by atoms with Gasteiger partial charge >= 0.3 is 0 Å². The van der Waals surface area contributed by atoms with Crippen LogP contribution in [0.2, 0.25) is 0 Å². The molecule has 3 aromatic rings. The number of aryl methyl sites for hydroxylation is 2. The van der Waals surface area contributed by atoms with E-state index in [0.29, 0.717) is 24.5 Å². The Balaban J connectivity index is 1.96. The number of aromatic nitrogens is 2. The summed E-state index contributed by atoms with van der Waals surface area (Å²) in [5.41, 5.74) is 1.18. The Hall–Kier alpha value is -2.21. The van der Waals surface area contributed by atoms with Crippen molar-refractivity contribution in [2.45, 2.75) is 53.6 Å². The summed E-state index contributed by atoms with van der Waals surface area (Å²) in [5.74, 6) is 0.941. The van der Waals surface area contributed by atoms with Crippen molar-refractivity contribution < 1.29 is 9.18 Å². The van der Waals surface area contributed by atoms with Gasteiger partial charge in [0.05, 0.1) is 16.9 Å². The molecule has 0 atom stereocenters. The highest BCUT2D eigenvalue weighted by Gasteiger charge is 2.22. The van der Waals surface area contributed by atoms with Gasteiger partial charge in [-0.1, -0.05) is 26.8 Å². The van der Waals surface area contributed by atoms with Crippen molar-refractivity contribution in [3.05, 3.63) is 51.7 Å². The molecule has 0 unspecified atom stereocenters. The van der Waals surface area contributed by atoms with Gasteiger partial charge < -0.3 is 9.47 Å². The minimum atomic E-state index is -0.317. The van der Waals surface area contributed by atoms with Crippen molar-refractivity contribution in [3.8, 4) is 0 Å². The van der Waals surface area contributed by atoms with E-state index in [2.05, 4.69) is 25.8 Å². The maximum Gasteiger partial charge on any atom is 0.264 e. The van der Waals surface area contributed by atoms with E-state index in [4.69, 9.17) is 0 Å². The molecule has 2 aromatic heterocycles. The van der Waals surface area contributed by atoms with Gasteiger partial charge in [0.1, 0.15) is 11.3 Å². The number of imidazole rings is 1. The molecule has 28 heavy (non-hydrogen) atoms. The number of para-hydroxylation sites is 1. The molecule has 0 bridgehead atoms. The highest BCUT2D eigenvalue weighted by atomic mass is 32.1. The number of fused-ring (bicyclic) bond motifs is 1. The number of hydrogen-bond donors (Lipinski definition) is 0. The molecule has 0 aliphatic heterocycles. The van der Waals surface area contributed by atoms with Crippen molar-refractivity contribution in [1.82, 2.24) is 14.5 Å². The second-order valence-corrected chi connectivity index (χ2v) is 8.89. The summed E-state index contributed by atoms with van der Waals surface area (Å²) >= 11 is 1.51. The van der Waals surface area contributed by atoms with Gasteiger partial charge in [0.25, 0.3) is 5.91 Å². The van der Waals surface area contributed by atoms with Crippen molar-refractivity contribution in [3.63, 3.8) is 0 Å². The molecule has 0 saturated carbocycles. The van der Waals surface area contributed by atoms with Crippen LogP contribution in [0.25, 0.3) is 11.0 Å². The van der Waals surface area contributed by atoms with E-state index in [9.17, 15) is 9.18 Å². The zero-order valence-corrected chi connectivity index (χ0v) is 17.9. The van der Waals surface area contributed by atoms with E-state index in [1.807, 2.05) is 34.6 Å². The van der Waals surface area contributed by atoms with Crippen LogP contribution in [0.3, 0.4) is 0 Å². The Bertz CT molecular complexity index is 960. The molecule has 0 spiro atoms. The van der Waals surface area contributed by atoms with Gasteiger partial charge in [-0.2, -0.15) is 0 Å². The van der Waals surface area contributed by atoms with Gasteiger partial charge in [-0.25, -0.2) is 9.37 Å². The number of rotatable bonds is 8. The first-order valence-electron chi connectivity index (χ1n) is 9.90. The number of benzene rings is 1. The van der Waals surface area contributed by atoms with Crippen molar-refractivity contribution >= 4 is 28.3 Å². The number of hydrogen-bond acceptors (Lipinski definition) is 3. The van der Waals surface area contributed by atoms with E-state index < -0.39 is 0 Å². The summed E-state index contributed by atoms with van der Waals surface area (Å²) in [6.07, 6.45) is 1.83. The molecule has 1 aromatic carbocycles. The summed E-state index contributed by atoms with van der Waals surface area (Å²) in [4.78, 5) is 21.4. The molecule has 0 aliphatic rings. The van der Waals surface area contributed by atoms with Crippen LogP contribution in [0.4, 0.5) is 4.39 Å². The SMILES string of the molecule is CCCn1c(CN(CCC(C)C)C(=O)c2ccc(C)s2)nc2c(F)cccc21. The van der Waals surface area contributed by atoms with Gasteiger partial charge in [-0.05, 0) is 49.9 Å². The Morgan fingerprint density at radius 2 is 2.07 bits per heavy atom. The minimum absolute atomic E-state index is 0.0225. The molecule has 3 rings (SSSR count). The molecule has 0 N–H and O–H groups in total. The largest absolute Gasteiger partial charge is 0.330 e. The summed E-state index contributed by atoms with van der Waals surface area (Å²) in [6, 6.07) is 8.91. The average Bonchev–Trinajstić information content (AvgIpc) is 3.23. The van der Waals surface area contributed by atoms with E-state index in [0.717, 1.165) is 40.5 Å². The molecule has 4 nitrogen and oxygen atoms in total. The molecule has 0 fully saturated rings. The average molecular weight is 402 g/mol. The first-order chi connectivity index (χ1) is 13.4. The summed E-state index contributed by atoms with van der Waals surface area (Å²) in [7, 11) is 0. The number of carbonyl (C=O) groups is 1. The third-order valence-electron chi connectivity index (χ3n) is 4.80. The smallest absolute Gasteiger partial charge is 0.264 e. The lowest BCUT2D eigenvalue weighted by molar-refractivity contribution is 0.0734. The number of thiophene rings is 1. The van der Waals surface area contributed by atoms with Crippen LogP contribution in [0.5, 0.6) is 0 Å². The van der Waals surface area contributed by atoms with Crippen LogP contribution in [0, 0.1) is 18.7 Å². The van der Waals surface area contributed by atoms with Crippen molar-refractivity contribution in [2.75, 3.05) is 6.54 Å². The molecular formula is C22H28FN3OS. The standard InChI is InChI=1S/C22H28FN3OS/c1-5-12-26-18-8-6-7-17(23)21(18)24-20(26)14-25(13-11-15(2)3)22(27)19-10-9-16(4)28-19/h6-10,15H,5,11-14H2,1-4H3. The van der Waals surface area contributed by atoms with Gasteiger partial charge in [0.15, 0.2) is 5.82 Å². The number of carbonyl (C=O) groups excluding carboxylic acids is 1. The van der Waals surface area contributed by atoms with Crippen LogP contribution < -0.4 is 0 Å². The second kappa shape index (κ2) is 8.86. The van der Waals surface area contributed by atoms with E-state index in [1.54, 1.807) is 6.07 Å². The van der Waals surface area contributed by atoms with Crippen LogP contribution in [-0.2, 0) is 13.1 Å². The quantitative estimate of drug-likeness (QED) is 0.490. The lowest BCUT2D eigenvalue weighted by atomic mass is 10.1. The van der Waals surface area contributed by atoms with Gasteiger partial charge in [-0.15, -0.1) is 11.3 Å². The first kappa shape index (κ1) is 20.5. The topological polar surface area (TPSA) is 38.1 Å². The second-order valence-electron chi connectivity index (χ2n) is 7.61. The fourth-order valence-corrected chi connectivity index (χ4v) is 4.13. The van der Waals surface area contributed by atoms with Crippen molar-refractivity contribution in [1.29, 1.82) is 0 Å². The molecule has 150 valence electrons. The van der Waals surface area contributed by atoms with Crippen LogP contribution in [-0.4, -0.2) is 26.9 Å². The number of amides is 1. The number of nitrogens with zero attached hydrogens (tertiary/aromatic N) is 3. The third kappa shape index (κ3) is 4.43. The highest BCUT2D eigenvalue weighted by molar-refractivity contribution is 7.13. The van der Waals surface area contributed by atoms with E-state index in [-0.39, 0.29) is 11.7 Å². The van der Waals surface area contributed by atoms with Crippen molar-refractivity contribution in [2.24, 2.45) is 5.92 Å². The lowest BCUT2D eigenvalue weighted by Gasteiger charge is -2.23. The van der Waals surface area contributed by atoms with Crippen LogP contribution >= 0.6 is 11.3 Å². The minimum Gasteiger partial charge on any atom is -0.330 e. The van der Waals surface area contributed by atoms with Gasteiger partial charge in [-0.3, -0.25) is 4.79 Å². The van der Waals surface area contributed by atoms with E-state index >= 15 is 0 Å². The first-order valence-corrected chi connectivity index (χ1v) is 10.7. The van der Waals surface area contributed by atoms with Crippen LogP contribution in [0.1, 0.15) is 54.0 Å². The predicted molar refractivity (Wildman–Crippen MR) is 113 cm³/mol. The molecule has 1 amide bonds. The Morgan fingerprint density at radius 1 is 1.29 bits per heavy atom. The molecule has 0 aliphatic carbocycles. The fraction of sp³-hybridized carbons (Fsp3) is 0.455.